The van der Waals surface area contributed by atoms with Gasteiger partial charge in [0.1, 0.15) is 0 Å². The van der Waals surface area contributed by atoms with Crippen LogP contribution in [0.5, 0.6) is 0 Å². The van der Waals surface area contributed by atoms with Gasteiger partial charge in [-0.1, -0.05) is 13.8 Å². The van der Waals surface area contributed by atoms with Crippen molar-refractivity contribution in [3.8, 4) is 0 Å². The van der Waals surface area contributed by atoms with Crippen molar-refractivity contribution in [3.63, 3.8) is 0 Å². The summed E-state index contributed by atoms with van der Waals surface area (Å²) in [5.74, 6) is 0.872. The maximum Gasteiger partial charge on any atom is 0.0224 e. The molecule has 98 valence electrons. The Labute approximate surface area is 106 Å². The van der Waals surface area contributed by atoms with E-state index in [1.807, 2.05) is 0 Å². The summed E-state index contributed by atoms with van der Waals surface area (Å²) >= 11 is 0. The van der Waals surface area contributed by atoms with E-state index in [0.29, 0.717) is 5.41 Å². The van der Waals surface area contributed by atoms with E-state index in [4.69, 9.17) is 0 Å². The Morgan fingerprint density at radius 3 is 2.65 bits per heavy atom. The lowest BCUT2D eigenvalue weighted by atomic mass is 9.90. The van der Waals surface area contributed by atoms with Gasteiger partial charge in [-0.25, -0.2) is 0 Å². The second kappa shape index (κ2) is 4.24. The quantitative estimate of drug-likeness (QED) is 0.743. The first-order valence-corrected chi connectivity index (χ1v) is 7.59. The van der Waals surface area contributed by atoms with Gasteiger partial charge < -0.3 is 0 Å². The highest BCUT2D eigenvalue weighted by Gasteiger charge is 2.48. The van der Waals surface area contributed by atoms with Crippen LogP contribution < -0.4 is 0 Å². The lowest BCUT2D eigenvalue weighted by molar-refractivity contribution is 0.0376. The van der Waals surface area contributed by atoms with Gasteiger partial charge in [0, 0.05) is 31.7 Å². The summed E-state index contributed by atoms with van der Waals surface area (Å²) in [4.78, 5) is 5.54. The molecule has 3 rings (SSSR count). The van der Waals surface area contributed by atoms with Crippen LogP contribution in [0.4, 0.5) is 0 Å². The zero-order valence-corrected chi connectivity index (χ0v) is 11.8. The Hall–Kier alpha value is -0.0800. The van der Waals surface area contributed by atoms with Gasteiger partial charge in [0.05, 0.1) is 0 Å². The third-order valence-corrected chi connectivity index (χ3v) is 5.70. The molecule has 0 spiro atoms. The summed E-state index contributed by atoms with van der Waals surface area (Å²) in [6.45, 7) is 12.7. The van der Waals surface area contributed by atoms with E-state index < -0.39 is 0 Å². The number of rotatable bonds is 3. The van der Waals surface area contributed by atoms with Gasteiger partial charge in [-0.05, 0) is 50.5 Å². The van der Waals surface area contributed by atoms with Crippen LogP contribution in [0.2, 0.25) is 0 Å². The maximum absolute atomic E-state index is 2.81. The van der Waals surface area contributed by atoms with Crippen LogP contribution in [0.3, 0.4) is 0 Å². The minimum Gasteiger partial charge on any atom is -0.298 e. The molecule has 2 atom stereocenters. The summed E-state index contributed by atoms with van der Waals surface area (Å²) in [5, 5.41) is 0. The third-order valence-electron chi connectivity index (χ3n) is 5.70. The number of hydrogen-bond acceptors (Lipinski definition) is 2. The molecule has 0 amide bonds. The molecule has 0 aromatic carbocycles. The fourth-order valence-electron chi connectivity index (χ4n) is 3.95. The Kier molecular flexibility index (Phi) is 2.99. The lowest BCUT2D eigenvalue weighted by Crippen LogP contribution is -2.56. The smallest absolute Gasteiger partial charge is 0.0224 e. The van der Waals surface area contributed by atoms with Crippen molar-refractivity contribution >= 4 is 0 Å². The van der Waals surface area contributed by atoms with Gasteiger partial charge in [0.15, 0.2) is 0 Å². The molecule has 2 aliphatic heterocycles. The average molecular weight is 236 g/mol. The summed E-state index contributed by atoms with van der Waals surface area (Å²) in [5.41, 5.74) is 0.690. The summed E-state index contributed by atoms with van der Waals surface area (Å²) in [7, 11) is 0. The molecule has 0 aromatic rings. The maximum atomic E-state index is 2.81. The zero-order chi connectivity index (χ0) is 12.0. The SMILES string of the molecule is CC1CN2CCCC2CN1CC1(C(C)C)CC1. The molecule has 1 saturated carbocycles. The lowest BCUT2D eigenvalue weighted by Gasteiger charge is -2.44. The second-order valence-electron chi connectivity index (χ2n) is 7.09. The Morgan fingerprint density at radius 1 is 1.24 bits per heavy atom. The van der Waals surface area contributed by atoms with Crippen LogP contribution in [0.25, 0.3) is 0 Å². The molecule has 0 N–H and O–H groups in total. The van der Waals surface area contributed by atoms with Gasteiger partial charge in [-0.3, -0.25) is 9.80 Å². The number of fused-ring (bicyclic) bond motifs is 1. The first kappa shape index (κ1) is 12.0. The van der Waals surface area contributed by atoms with Crippen molar-refractivity contribution in [1.82, 2.24) is 9.80 Å². The van der Waals surface area contributed by atoms with Gasteiger partial charge in [0.2, 0.25) is 0 Å². The predicted molar refractivity (Wildman–Crippen MR) is 72.1 cm³/mol. The molecule has 0 aromatic heterocycles. The first-order valence-electron chi connectivity index (χ1n) is 7.59. The van der Waals surface area contributed by atoms with Gasteiger partial charge in [0.25, 0.3) is 0 Å². The van der Waals surface area contributed by atoms with E-state index in [1.165, 1.54) is 51.9 Å². The van der Waals surface area contributed by atoms with Crippen molar-refractivity contribution < 1.29 is 0 Å². The monoisotopic (exact) mass is 236 g/mol. The van der Waals surface area contributed by atoms with Crippen LogP contribution in [0.1, 0.15) is 46.5 Å². The van der Waals surface area contributed by atoms with E-state index >= 15 is 0 Å². The third kappa shape index (κ3) is 2.15. The topological polar surface area (TPSA) is 6.48 Å². The molecule has 1 aliphatic carbocycles. The van der Waals surface area contributed by atoms with Crippen molar-refractivity contribution in [2.75, 3.05) is 26.2 Å². The first-order chi connectivity index (χ1) is 8.11. The molecular weight excluding hydrogens is 208 g/mol. The van der Waals surface area contributed by atoms with E-state index in [1.54, 1.807) is 0 Å². The van der Waals surface area contributed by atoms with Gasteiger partial charge in [-0.15, -0.1) is 0 Å². The Morgan fingerprint density at radius 2 is 2.00 bits per heavy atom. The predicted octanol–water partition coefficient (Wildman–Crippen LogP) is 2.59. The van der Waals surface area contributed by atoms with Crippen molar-refractivity contribution in [2.45, 2.75) is 58.5 Å². The molecule has 2 heteroatoms. The fraction of sp³-hybridized carbons (Fsp3) is 1.00. The number of hydrogen-bond donors (Lipinski definition) is 0. The van der Waals surface area contributed by atoms with Crippen LogP contribution in [-0.2, 0) is 0 Å². The standard InChI is InChI=1S/C15H28N2/c1-12(2)15(6-7-15)11-17-10-14-5-4-8-16(14)9-13(17)3/h12-14H,4-11H2,1-3H3. The molecule has 3 aliphatic rings. The largest absolute Gasteiger partial charge is 0.298 e. The highest BCUT2D eigenvalue weighted by molar-refractivity contribution is 5.00. The Bertz CT molecular complexity index is 283. The second-order valence-corrected chi connectivity index (χ2v) is 7.09. The van der Waals surface area contributed by atoms with Gasteiger partial charge in [-0.2, -0.15) is 0 Å². The molecule has 0 radical (unpaired) electrons. The minimum absolute atomic E-state index is 0.690. The summed E-state index contributed by atoms with van der Waals surface area (Å²) < 4.78 is 0. The highest BCUT2D eigenvalue weighted by Crippen LogP contribution is 2.52. The van der Waals surface area contributed by atoms with E-state index in [9.17, 15) is 0 Å². The molecule has 2 heterocycles. The minimum atomic E-state index is 0.690. The summed E-state index contributed by atoms with van der Waals surface area (Å²) in [6, 6.07) is 1.66. The zero-order valence-electron chi connectivity index (χ0n) is 11.8. The van der Waals surface area contributed by atoms with Crippen molar-refractivity contribution in [1.29, 1.82) is 0 Å². The average Bonchev–Trinajstić information content (AvgIpc) is 2.93. The van der Waals surface area contributed by atoms with Crippen molar-refractivity contribution in [2.24, 2.45) is 11.3 Å². The molecule has 3 fully saturated rings. The molecular formula is C15H28N2. The molecule has 0 bridgehead atoms. The van der Waals surface area contributed by atoms with E-state index in [2.05, 4.69) is 30.6 Å². The molecule has 17 heavy (non-hydrogen) atoms. The molecule has 2 unspecified atom stereocenters. The summed E-state index contributed by atoms with van der Waals surface area (Å²) in [6.07, 6.45) is 5.82. The van der Waals surface area contributed by atoms with E-state index in [-0.39, 0.29) is 0 Å². The van der Waals surface area contributed by atoms with Crippen molar-refractivity contribution in [3.05, 3.63) is 0 Å². The van der Waals surface area contributed by atoms with Crippen LogP contribution in [0, 0.1) is 11.3 Å². The normalized spacial score (nSPS) is 37.4. The van der Waals surface area contributed by atoms with Crippen LogP contribution in [0.15, 0.2) is 0 Å². The van der Waals surface area contributed by atoms with Gasteiger partial charge >= 0.3 is 0 Å². The highest BCUT2D eigenvalue weighted by atomic mass is 15.3. The number of nitrogens with zero attached hydrogens (tertiary/aromatic N) is 2. The van der Waals surface area contributed by atoms with Crippen LogP contribution in [-0.4, -0.2) is 48.1 Å². The molecule has 2 nitrogen and oxygen atoms in total. The molecule has 2 saturated heterocycles. The fourth-order valence-corrected chi connectivity index (χ4v) is 3.95. The van der Waals surface area contributed by atoms with E-state index in [0.717, 1.165) is 18.0 Å². The Balaban J connectivity index is 1.63. The number of piperazine rings is 1. The van der Waals surface area contributed by atoms with Crippen LogP contribution >= 0.6 is 0 Å².